The van der Waals surface area contributed by atoms with Gasteiger partial charge in [-0.25, -0.2) is 9.97 Å². The molecule has 0 N–H and O–H groups in total. The zero-order valence-corrected chi connectivity index (χ0v) is 16.6. The van der Waals surface area contributed by atoms with E-state index in [9.17, 15) is 4.79 Å². The van der Waals surface area contributed by atoms with Crippen molar-refractivity contribution < 1.29 is 13.9 Å². The van der Waals surface area contributed by atoms with Crippen LogP contribution in [0.4, 0.5) is 0 Å². The molecule has 1 saturated heterocycles. The fourth-order valence-corrected chi connectivity index (χ4v) is 3.78. The number of ether oxygens (including phenoxy) is 1. The van der Waals surface area contributed by atoms with E-state index in [0.717, 1.165) is 42.0 Å². The summed E-state index contributed by atoms with van der Waals surface area (Å²) in [5.41, 5.74) is 3.72. The lowest BCUT2D eigenvalue weighted by Gasteiger charge is -2.33. The van der Waals surface area contributed by atoms with Crippen LogP contribution in [0, 0.1) is 6.92 Å². The predicted molar refractivity (Wildman–Crippen MR) is 108 cm³/mol. The number of rotatable bonds is 6. The molecule has 1 aliphatic rings. The Kier molecular flexibility index (Phi) is 6.00. The number of furan rings is 1. The topological polar surface area (TPSA) is 68.5 Å². The summed E-state index contributed by atoms with van der Waals surface area (Å²) in [7, 11) is 0. The Morgan fingerprint density at radius 3 is 2.90 bits per heavy atom. The summed E-state index contributed by atoms with van der Waals surface area (Å²) in [6.07, 6.45) is 6.84. The van der Waals surface area contributed by atoms with Crippen molar-refractivity contribution in [2.75, 3.05) is 13.1 Å². The van der Waals surface area contributed by atoms with E-state index in [4.69, 9.17) is 14.1 Å². The first-order chi connectivity index (χ1) is 14.2. The maximum atomic E-state index is 12.7. The molecule has 1 fully saturated rings. The average Bonchev–Trinajstić information content (AvgIpc) is 3.30. The van der Waals surface area contributed by atoms with Crippen molar-refractivity contribution in [3.8, 4) is 0 Å². The molecule has 150 valence electrons. The number of carbonyl (C=O) groups is 1. The summed E-state index contributed by atoms with van der Waals surface area (Å²) >= 11 is 0. The third-order valence-electron chi connectivity index (χ3n) is 5.25. The summed E-state index contributed by atoms with van der Waals surface area (Å²) < 4.78 is 11.0. The van der Waals surface area contributed by atoms with Crippen LogP contribution >= 0.6 is 0 Å². The molecule has 6 nitrogen and oxygen atoms in total. The Balaban J connectivity index is 1.46. The summed E-state index contributed by atoms with van der Waals surface area (Å²) in [4.78, 5) is 23.7. The van der Waals surface area contributed by atoms with Crippen LogP contribution in [0.15, 0.2) is 59.5 Å². The highest BCUT2D eigenvalue weighted by Crippen LogP contribution is 2.29. The molecule has 0 radical (unpaired) electrons. The fraction of sp³-hybridized carbons (Fsp3) is 0.348. The first-order valence-corrected chi connectivity index (χ1v) is 9.96. The minimum absolute atomic E-state index is 0.0103. The van der Waals surface area contributed by atoms with Crippen molar-refractivity contribution in [2.45, 2.75) is 38.9 Å². The fourth-order valence-electron chi connectivity index (χ4n) is 3.78. The molecule has 0 bridgehead atoms. The Hall–Kier alpha value is -2.99. The van der Waals surface area contributed by atoms with Gasteiger partial charge in [0.2, 0.25) is 0 Å². The lowest BCUT2D eigenvalue weighted by Crippen LogP contribution is -2.39. The molecule has 1 aliphatic heterocycles. The van der Waals surface area contributed by atoms with Gasteiger partial charge >= 0.3 is 0 Å². The largest absolute Gasteiger partial charge is 0.472 e. The summed E-state index contributed by atoms with van der Waals surface area (Å²) in [6.45, 7) is 4.30. The van der Waals surface area contributed by atoms with E-state index in [0.29, 0.717) is 25.3 Å². The summed E-state index contributed by atoms with van der Waals surface area (Å²) in [6, 6.07) is 11.8. The van der Waals surface area contributed by atoms with Gasteiger partial charge in [-0.05, 0) is 31.4 Å². The van der Waals surface area contributed by atoms with Gasteiger partial charge in [-0.15, -0.1) is 0 Å². The molecule has 3 heterocycles. The van der Waals surface area contributed by atoms with Crippen LogP contribution in [-0.2, 0) is 18.0 Å². The Bertz CT molecular complexity index is 941. The first kappa shape index (κ1) is 19.3. The summed E-state index contributed by atoms with van der Waals surface area (Å²) in [5.74, 6) is 0.929. The normalized spacial score (nSPS) is 16.7. The number of hydrogen-bond donors (Lipinski definition) is 0. The second-order valence-electron chi connectivity index (χ2n) is 7.41. The third kappa shape index (κ3) is 4.71. The highest BCUT2D eigenvalue weighted by atomic mass is 16.5. The Morgan fingerprint density at radius 1 is 1.24 bits per heavy atom. The third-order valence-corrected chi connectivity index (χ3v) is 5.25. The van der Waals surface area contributed by atoms with Gasteiger partial charge in [0.1, 0.15) is 12.1 Å². The van der Waals surface area contributed by atoms with E-state index >= 15 is 0 Å². The van der Waals surface area contributed by atoms with E-state index in [1.807, 2.05) is 48.4 Å². The molecule has 4 rings (SSSR count). The molecule has 0 spiro atoms. The molecule has 3 aromatic rings. The van der Waals surface area contributed by atoms with Crippen molar-refractivity contribution in [3.63, 3.8) is 0 Å². The van der Waals surface area contributed by atoms with Crippen molar-refractivity contribution in [3.05, 3.63) is 83.3 Å². The SMILES string of the molecule is Cc1ncc(COCc2ccccc2)c(C2CCCN(C(=O)c3ccoc3)C2)n1. The van der Waals surface area contributed by atoms with E-state index in [2.05, 4.69) is 4.98 Å². The maximum absolute atomic E-state index is 12.7. The van der Waals surface area contributed by atoms with Crippen LogP contribution in [0.5, 0.6) is 0 Å². The lowest BCUT2D eigenvalue weighted by molar-refractivity contribution is 0.0702. The quantitative estimate of drug-likeness (QED) is 0.632. The highest BCUT2D eigenvalue weighted by molar-refractivity contribution is 5.93. The first-order valence-electron chi connectivity index (χ1n) is 9.96. The van der Waals surface area contributed by atoms with Gasteiger partial charge in [-0.3, -0.25) is 4.79 Å². The smallest absolute Gasteiger partial charge is 0.257 e. The van der Waals surface area contributed by atoms with Gasteiger partial charge in [-0.2, -0.15) is 0 Å². The van der Waals surface area contributed by atoms with Crippen LogP contribution < -0.4 is 0 Å². The van der Waals surface area contributed by atoms with E-state index in [1.165, 1.54) is 12.5 Å². The number of carbonyl (C=O) groups excluding carboxylic acids is 1. The number of nitrogens with zero attached hydrogens (tertiary/aromatic N) is 3. The van der Waals surface area contributed by atoms with Crippen LogP contribution in [0.3, 0.4) is 0 Å². The van der Waals surface area contributed by atoms with Crippen LogP contribution in [-0.4, -0.2) is 33.9 Å². The molecule has 1 aromatic carbocycles. The molecule has 29 heavy (non-hydrogen) atoms. The molecule has 0 saturated carbocycles. The van der Waals surface area contributed by atoms with Gasteiger partial charge in [0.25, 0.3) is 5.91 Å². The molecule has 1 atom stereocenters. The number of aryl methyl sites for hydroxylation is 1. The average molecular weight is 391 g/mol. The second kappa shape index (κ2) is 9.01. The van der Waals surface area contributed by atoms with Gasteiger partial charge in [0, 0.05) is 30.8 Å². The molecule has 0 aliphatic carbocycles. The Morgan fingerprint density at radius 2 is 2.10 bits per heavy atom. The molecular formula is C23H25N3O3. The number of hydrogen-bond acceptors (Lipinski definition) is 5. The van der Waals surface area contributed by atoms with Gasteiger partial charge in [-0.1, -0.05) is 30.3 Å². The molecule has 2 aromatic heterocycles. The highest BCUT2D eigenvalue weighted by Gasteiger charge is 2.28. The predicted octanol–water partition coefficient (Wildman–Crippen LogP) is 4.11. The van der Waals surface area contributed by atoms with Gasteiger partial charge in [0.15, 0.2) is 0 Å². The monoisotopic (exact) mass is 391 g/mol. The molecular weight excluding hydrogens is 366 g/mol. The number of likely N-dealkylation sites (tertiary alicyclic amines) is 1. The standard InChI is InChI=1S/C23H25N3O3/c1-17-24-12-21(16-29-14-18-6-3-2-4-7-18)22(25-17)19-8-5-10-26(13-19)23(27)20-9-11-28-15-20/h2-4,6-7,9,11-12,15,19H,5,8,10,13-14,16H2,1H3. The number of amides is 1. The molecule has 1 amide bonds. The number of aromatic nitrogens is 2. The maximum Gasteiger partial charge on any atom is 0.257 e. The summed E-state index contributed by atoms with van der Waals surface area (Å²) in [5, 5.41) is 0. The minimum Gasteiger partial charge on any atom is -0.472 e. The minimum atomic E-state index is 0.0103. The van der Waals surface area contributed by atoms with Crippen molar-refractivity contribution in [2.24, 2.45) is 0 Å². The van der Waals surface area contributed by atoms with Crippen molar-refractivity contribution in [1.29, 1.82) is 0 Å². The zero-order valence-electron chi connectivity index (χ0n) is 16.6. The zero-order chi connectivity index (χ0) is 20.1. The van der Waals surface area contributed by atoms with Crippen LogP contribution in [0.1, 0.15) is 51.8 Å². The molecule has 1 unspecified atom stereocenters. The van der Waals surface area contributed by atoms with Crippen molar-refractivity contribution in [1.82, 2.24) is 14.9 Å². The van der Waals surface area contributed by atoms with E-state index in [1.54, 1.807) is 6.07 Å². The lowest BCUT2D eigenvalue weighted by atomic mass is 9.91. The van der Waals surface area contributed by atoms with Crippen LogP contribution in [0.25, 0.3) is 0 Å². The van der Waals surface area contributed by atoms with E-state index in [-0.39, 0.29) is 11.8 Å². The van der Waals surface area contributed by atoms with E-state index < -0.39 is 0 Å². The number of benzene rings is 1. The Labute approximate surface area is 170 Å². The van der Waals surface area contributed by atoms with Gasteiger partial charge in [0.05, 0.1) is 30.7 Å². The van der Waals surface area contributed by atoms with Crippen molar-refractivity contribution >= 4 is 5.91 Å². The second-order valence-corrected chi connectivity index (χ2v) is 7.41. The van der Waals surface area contributed by atoms with Gasteiger partial charge < -0.3 is 14.1 Å². The number of piperidine rings is 1. The van der Waals surface area contributed by atoms with Crippen LogP contribution in [0.2, 0.25) is 0 Å². The molecule has 6 heteroatoms.